The van der Waals surface area contributed by atoms with E-state index in [0.717, 1.165) is 6.07 Å². The van der Waals surface area contributed by atoms with E-state index >= 15 is 0 Å². The van der Waals surface area contributed by atoms with Crippen LogP contribution in [0.2, 0.25) is 0 Å². The monoisotopic (exact) mass is 288 g/mol. The molecule has 2 N–H and O–H groups in total. The summed E-state index contributed by atoms with van der Waals surface area (Å²) < 4.78 is 37.0. The van der Waals surface area contributed by atoms with E-state index in [1.54, 1.807) is 22.6 Å². The molecule has 0 amide bonds. The number of anilines is 1. The van der Waals surface area contributed by atoms with E-state index in [1.807, 2.05) is 0 Å². The second-order valence-corrected chi connectivity index (χ2v) is 3.14. The molecule has 66 valence electrons. The number of pyridine rings is 1. The summed E-state index contributed by atoms with van der Waals surface area (Å²) in [5, 5.41) is 0. The van der Waals surface area contributed by atoms with E-state index in [9.17, 15) is 13.2 Å². The molecule has 0 unspecified atom stereocenters. The van der Waals surface area contributed by atoms with E-state index < -0.39 is 23.6 Å². The molecule has 1 rings (SSSR count). The van der Waals surface area contributed by atoms with Crippen molar-refractivity contribution in [2.45, 2.75) is 6.43 Å². The molecule has 0 spiro atoms. The Morgan fingerprint density at radius 2 is 2.08 bits per heavy atom. The van der Waals surface area contributed by atoms with Crippen molar-refractivity contribution in [3.63, 3.8) is 0 Å². The number of hydrogen-bond acceptors (Lipinski definition) is 2. The molecule has 6 heteroatoms. The van der Waals surface area contributed by atoms with Crippen molar-refractivity contribution in [2.24, 2.45) is 0 Å². The van der Waals surface area contributed by atoms with Crippen LogP contribution in [0.4, 0.5) is 18.9 Å². The van der Waals surface area contributed by atoms with E-state index in [2.05, 4.69) is 4.98 Å². The van der Waals surface area contributed by atoms with Gasteiger partial charge < -0.3 is 5.73 Å². The van der Waals surface area contributed by atoms with Crippen LogP contribution in [0.1, 0.15) is 12.0 Å². The van der Waals surface area contributed by atoms with Crippen LogP contribution >= 0.6 is 22.6 Å². The maximum atomic E-state index is 12.6. The summed E-state index contributed by atoms with van der Waals surface area (Å²) in [5.41, 5.74) is 3.95. The predicted octanol–water partition coefficient (Wildman–Crippen LogP) is 2.35. The van der Waals surface area contributed by atoms with Gasteiger partial charge in [0.1, 0.15) is 3.70 Å². The average Bonchev–Trinajstić information content (AvgIpc) is 1.96. The molecule has 0 saturated carbocycles. The Hall–Kier alpha value is -0.530. The highest BCUT2D eigenvalue weighted by atomic mass is 127. The van der Waals surface area contributed by atoms with Crippen LogP contribution in [-0.2, 0) is 0 Å². The Labute approximate surface area is 80.1 Å². The minimum absolute atomic E-state index is 0.162. The van der Waals surface area contributed by atoms with Gasteiger partial charge in [0.05, 0.1) is 5.69 Å². The number of hydrogen-bond donors (Lipinski definition) is 1. The molecule has 0 saturated heterocycles. The summed E-state index contributed by atoms with van der Waals surface area (Å²) in [6.07, 6.45) is -2.77. The number of rotatable bonds is 1. The quantitative estimate of drug-likeness (QED) is 0.636. The minimum atomic E-state index is -2.77. The standard InChI is InChI=1S/C6H4F3IN2/c7-5(8)2-1-3(10)12-6(9)4(2)11/h1,5H,11H2. The summed E-state index contributed by atoms with van der Waals surface area (Å²) in [6, 6.07) is 1.06. The lowest BCUT2D eigenvalue weighted by Crippen LogP contribution is -2.02. The maximum Gasteiger partial charge on any atom is 0.266 e. The second-order valence-electron chi connectivity index (χ2n) is 2.04. The van der Waals surface area contributed by atoms with E-state index in [0.29, 0.717) is 0 Å². The normalized spacial score (nSPS) is 10.8. The topological polar surface area (TPSA) is 38.9 Å². The van der Waals surface area contributed by atoms with Gasteiger partial charge in [-0.15, -0.1) is 0 Å². The van der Waals surface area contributed by atoms with Gasteiger partial charge in [-0.3, -0.25) is 0 Å². The lowest BCUT2D eigenvalue weighted by Gasteiger charge is -2.04. The lowest BCUT2D eigenvalue weighted by atomic mass is 10.2. The highest BCUT2D eigenvalue weighted by Crippen LogP contribution is 2.27. The Balaban J connectivity index is 3.28. The first-order valence-electron chi connectivity index (χ1n) is 2.92. The molecule has 0 aliphatic rings. The zero-order chi connectivity index (χ0) is 9.30. The summed E-state index contributed by atoms with van der Waals surface area (Å²) in [7, 11) is 0. The van der Waals surface area contributed by atoms with Gasteiger partial charge in [0.25, 0.3) is 6.43 Å². The molecule has 0 bridgehead atoms. The molecule has 0 atom stereocenters. The third kappa shape index (κ3) is 1.79. The molecule has 12 heavy (non-hydrogen) atoms. The second kappa shape index (κ2) is 3.46. The first-order valence-corrected chi connectivity index (χ1v) is 4.00. The number of alkyl halides is 2. The van der Waals surface area contributed by atoms with Crippen LogP contribution in [0.15, 0.2) is 6.07 Å². The fourth-order valence-electron chi connectivity index (χ4n) is 0.692. The van der Waals surface area contributed by atoms with Crippen LogP contribution in [0.25, 0.3) is 0 Å². The molecule has 1 aromatic rings. The molecule has 1 aromatic heterocycles. The fourth-order valence-corrected chi connectivity index (χ4v) is 1.24. The van der Waals surface area contributed by atoms with E-state index in [1.165, 1.54) is 0 Å². The molecule has 1 heterocycles. The maximum absolute atomic E-state index is 12.6. The molecule has 0 aliphatic carbocycles. The average molecular weight is 288 g/mol. The van der Waals surface area contributed by atoms with Crippen molar-refractivity contribution >= 4 is 28.3 Å². The van der Waals surface area contributed by atoms with Gasteiger partial charge >= 0.3 is 0 Å². The number of nitrogens with zero attached hydrogens (tertiary/aromatic N) is 1. The molecule has 0 fully saturated rings. The predicted molar refractivity (Wildman–Crippen MR) is 46.3 cm³/mol. The van der Waals surface area contributed by atoms with Gasteiger partial charge in [-0.05, 0) is 28.7 Å². The van der Waals surface area contributed by atoms with E-state index in [4.69, 9.17) is 5.73 Å². The highest BCUT2D eigenvalue weighted by molar-refractivity contribution is 14.1. The van der Waals surface area contributed by atoms with Crippen molar-refractivity contribution in [3.05, 3.63) is 21.3 Å². The van der Waals surface area contributed by atoms with Crippen molar-refractivity contribution in [3.8, 4) is 0 Å². The zero-order valence-electron chi connectivity index (χ0n) is 5.69. The minimum Gasteiger partial charge on any atom is -0.395 e. The van der Waals surface area contributed by atoms with Crippen molar-refractivity contribution < 1.29 is 13.2 Å². The molecule has 2 nitrogen and oxygen atoms in total. The van der Waals surface area contributed by atoms with Gasteiger partial charge in [0, 0.05) is 5.56 Å². The van der Waals surface area contributed by atoms with Crippen LogP contribution in [0, 0.1) is 9.65 Å². The summed E-state index contributed by atoms with van der Waals surface area (Å²) in [5.74, 6) is -1.04. The SMILES string of the molecule is Nc1c(C(F)F)cc(I)nc1F. The van der Waals surface area contributed by atoms with Crippen LogP contribution in [0.3, 0.4) is 0 Å². The summed E-state index contributed by atoms with van der Waals surface area (Å²) in [6.45, 7) is 0. The van der Waals surface area contributed by atoms with Gasteiger partial charge in [0.2, 0.25) is 5.95 Å². The molecular weight excluding hydrogens is 284 g/mol. The highest BCUT2D eigenvalue weighted by Gasteiger charge is 2.16. The Bertz CT molecular complexity index is 303. The van der Waals surface area contributed by atoms with Gasteiger partial charge in [-0.1, -0.05) is 0 Å². The van der Waals surface area contributed by atoms with E-state index in [-0.39, 0.29) is 3.70 Å². The van der Waals surface area contributed by atoms with Crippen LogP contribution in [0.5, 0.6) is 0 Å². The Morgan fingerprint density at radius 3 is 2.58 bits per heavy atom. The van der Waals surface area contributed by atoms with Gasteiger partial charge in [0.15, 0.2) is 0 Å². The van der Waals surface area contributed by atoms with Crippen molar-refractivity contribution in [1.82, 2.24) is 4.98 Å². The largest absolute Gasteiger partial charge is 0.395 e. The molecule has 0 aromatic carbocycles. The number of nitrogen functional groups attached to an aromatic ring is 1. The number of nitrogens with two attached hydrogens (primary N) is 1. The van der Waals surface area contributed by atoms with Crippen molar-refractivity contribution in [2.75, 3.05) is 5.73 Å². The lowest BCUT2D eigenvalue weighted by molar-refractivity contribution is 0.151. The molecule has 0 radical (unpaired) electrons. The Kier molecular flexibility index (Phi) is 2.76. The fraction of sp³-hybridized carbons (Fsp3) is 0.167. The van der Waals surface area contributed by atoms with Crippen LogP contribution in [-0.4, -0.2) is 4.98 Å². The smallest absolute Gasteiger partial charge is 0.266 e. The third-order valence-electron chi connectivity index (χ3n) is 1.25. The Morgan fingerprint density at radius 1 is 1.50 bits per heavy atom. The van der Waals surface area contributed by atoms with Gasteiger partial charge in [-0.2, -0.15) is 4.39 Å². The number of aromatic nitrogens is 1. The van der Waals surface area contributed by atoms with Gasteiger partial charge in [-0.25, -0.2) is 13.8 Å². The molecule has 0 aliphatic heterocycles. The number of halogens is 4. The van der Waals surface area contributed by atoms with Crippen molar-refractivity contribution in [1.29, 1.82) is 0 Å². The van der Waals surface area contributed by atoms with Crippen LogP contribution < -0.4 is 5.73 Å². The summed E-state index contributed by atoms with van der Waals surface area (Å²) >= 11 is 1.64. The third-order valence-corrected chi connectivity index (χ3v) is 1.80. The molecular formula is C6H4F3IN2. The summed E-state index contributed by atoms with van der Waals surface area (Å²) in [4.78, 5) is 3.28. The zero-order valence-corrected chi connectivity index (χ0v) is 7.85. The first kappa shape index (κ1) is 9.56. The first-order chi connectivity index (χ1) is 5.52.